The third kappa shape index (κ3) is 4.30. The van der Waals surface area contributed by atoms with Gasteiger partial charge in [-0.3, -0.25) is 14.4 Å². The van der Waals surface area contributed by atoms with E-state index < -0.39 is 5.92 Å². The first-order chi connectivity index (χ1) is 16.9. The maximum Gasteiger partial charge on any atom is 0.309 e. The molecule has 5 rings (SSSR count). The number of hydrogen-bond acceptors (Lipinski definition) is 6. The summed E-state index contributed by atoms with van der Waals surface area (Å²) in [4.78, 5) is 42.5. The van der Waals surface area contributed by atoms with Crippen LogP contribution >= 0.6 is 0 Å². The predicted molar refractivity (Wildman–Crippen MR) is 129 cm³/mol. The molecule has 0 bridgehead atoms. The number of likely N-dealkylation sites (tertiary alicyclic amines) is 2. The van der Waals surface area contributed by atoms with Gasteiger partial charge in [0, 0.05) is 31.6 Å². The molecule has 186 valence electrons. The second-order valence-electron chi connectivity index (χ2n) is 9.97. The van der Waals surface area contributed by atoms with Crippen LogP contribution in [0.3, 0.4) is 0 Å². The second-order valence-corrected chi connectivity index (χ2v) is 9.97. The molecule has 2 fully saturated rings. The third-order valence-corrected chi connectivity index (χ3v) is 8.05. The Bertz CT molecular complexity index is 1160. The number of carbonyl (C=O) groups is 3. The fourth-order valence-corrected chi connectivity index (χ4v) is 5.91. The topological polar surface area (TPSA) is 89.3 Å². The molecular formula is C27H32N2O6. The summed E-state index contributed by atoms with van der Waals surface area (Å²) in [6, 6.07) is 7.37. The van der Waals surface area contributed by atoms with Crippen molar-refractivity contribution >= 4 is 28.8 Å². The number of ether oxygens (including phenoxy) is 2. The molecule has 35 heavy (non-hydrogen) atoms. The van der Waals surface area contributed by atoms with Crippen LogP contribution < -0.4 is 4.74 Å². The Labute approximate surface area is 204 Å². The highest BCUT2D eigenvalue weighted by molar-refractivity contribution is 5.97. The van der Waals surface area contributed by atoms with Crippen molar-refractivity contribution in [2.75, 3.05) is 40.4 Å². The Hall–Kier alpha value is -3.29. The van der Waals surface area contributed by atoms with Gasteiger partial charge in [0.15, 0.2) is 17.1 Å². The minimum absolute atomic E-state index is 0.0226. The molecule has 2 aliphatic heterocycles. The average Bonchev–Trinajstić information content (AvgIpc) is 3.52. The number of methoxy groups -OCH3 is 2. The number of nitrogens with zero attached hydrogens (tertiary/aromatic N) is 2. The predicted octanol–water partition coefficient (Wildman–Crippen LogP) is 3.65. The van der Waals surface area contributed by atoms with Crippen LogP contribution in [0.15, 0.2) is 40.8 Å². The molecule has 0 N–H and O–H groups in total. The number of piperidine rings is 1. The molecule has 8 nitrogen and oxygen atoms in total. The first-order valence-corrected chi connectivity index (χ1v) is 12.3. The molecule has 2 saturated heterocycles. The average molecular weight is 481 g/mol. The number of furan rings is 1. The quantitative estimate of drug-likeness (QED) is 0.490. The van der Waals surface area contributed by atoms with E-state index in [2.05, 4.69) is 0 Å². The van der Waals surface area contributed by atoms with E-state index in [1.807, 2.05) is 40.2 Å². The number of esters is 1. The van der Waals surface area contributed by atoms with Gasteiger partial charge < -0.3 is 23.7 Å². The fraction of sp³-hybridized carbons (Fsp3) is 0.519. The van der Waals surface area contributed by atoms with Gasteiger partial charge in [-0.1, -0.05) is 24.3 Å². The van der Waals surface area contributed by atoms with Crippen LogP contribution in [0.5, 0.6) is 5.75 Å². The van der Waals surface area contributed by atoms with Crippen molar-refractivity contribution in [1.82, 2.24) is 9.80 Å². The minimum Gasteiger partial charge on any atom is -0.493 e. The van der Waals surface area contributed by atoms with Crippen molar-refractivity contribution in [3.63, 3.8) is 0 Å². The van der Waals surface area contributed by atoms with Crippen LogP contribution in [-0.4, -0.2) is 68.0 Å². The number of hydrogen-bond donors (Lipinski definition) is 0. The summed E-state index contributed by atoms with van der Waals surface area (Å²) in [6.07, 6.45) is 7.69. The lowest BCUT2D eigenvalue weighted by Gasteiger charge is -2.39. The number of allylic oxidation sites excluding steroid dienone is 2. The summed E-state index contributed by atoms with van der Waals surface area (Å²) in [5.41, 5.74) is 0.606. The van der Waals surface area contributed by atoms with Gasteiger partial charge in [0.05, 0.1) is 26.1 Å². The lowest BCUT2D eigenvalue weighted by Crippen LogP contribution is -2.46. The van der Waals surface area contributed by atoms with E-state index in [1.165, 1.54) is 7.11 Å². The number of rotatable bonds is 4. The van der Waals surface area contributed by atoms with Crippen molar-refractivity contribution in [2.45, 2.75) is 32.1 Å². The zero-order chi connectivity index (χ0) is 24.6. The van der Waals surface area contributed by atoms with Crippen molar-refractivity contribution in [3.8, 4) is 5.75 Å². The minimum atomic E-state index is -0.407. The summed E-state index contributed by atoms with van der Waals surface area (Å²) in [5, 5.41) is 0.842. The zero-order valence-electron chi connectivity index (χ0n) is 20.3. The van der Waals surface area contributed by atoms with Crippen LogP contribution in [0.1, 0.15) is 42.7 Å². The van der Waals surface area contributed by atoms with Gasteiger partial charge in [0.25, 0.3) is 5.91 Å². The first kappa shape index (κ1) is 23.5. The molecule has 8 heteroatoms. The van der Waals surface area contributed by atoms with E-state index >= 15 is 0 Å². The standard InChI is InChI=1S/C27H32N2O6/c1-33-21-9-5-6-18-16-22(35-23(18)21)25(31)28-13-10-27(11-14-28)12-15-29(17-27)24(30)19-7-3-4-8-20(19)26(32)34-2/h3-6,9,16,19-20H,7-8,10-15,17H2,1-2H3. The molecule has 3 aliphatic rings. The van der Waals surface area contributed by atoms with Crippen LogP contribution in [0, 0.1) is 17.3 Å². The molecule has 3 heterocycles. The molecule has 1 aliphatic carbocycles. The summed E-state index contributed by atoms with van der Waals surface area (Å²) in [7, 11) is 2.96. The number of fused-ring (bicyclic) bond motifs is 1. The van der Waals surface area contributed by atoms with Gasteiger partial charge in [0.2, 0.25) is 5.91 Å². The highest BCUT2D eigenvalue weighted by Crippen LogP contribution is 2.42. The smallest absolute Gasteiger partial charge is 0.309 e. The third-order valence-electron chi connectivity index (χ3n) is 8.05. The Kier molecular flexibility index (Phi) is 6.30. The van der Waals surface area contributed by atoms with E-state index in [-0.39, 0.29) is 29.1 Å². The second kappa shape index (κ2) is 9.40. The Morgan fingerprint density at radius 1 is 0.971 bits per heavy atom. The number of amides is 2. The van der Waals surface area contributed by atoms with Crippen molar-refractivity contribution < 1.29 is 28.3 Å². The zero-order valence-corrected chi connectivity index (χ0v) is 20.3. The normalized spacial score (nSPS) is 23.6. The van der Waals surface area contributed by atoms with Gasteiger partial charge in [-0.05, 0) is 49.7 Å². The Balaban J connectivity index is 1.22. The summed E-state index contributed by atoms with van der Waals surface area (Å²) in [6.45, 7) is 2.64. The van der Waals surface area contributed by atoms with Crippen molar-refractivity contribution in [3.05, 3.63) is 42.2 Å². The lowest BCUT2D eigenvalue weighted by atomic mass is 9.77. The van der Waals surface area contributed by atoms with Crippen LogP contribution in [0.4, 0.5) is 0 Å². The van der Waals surface area contributed by atoms with Gasteiger partial charge in [0.1, 0.15) is 0 Å². The van der Waals surface area contributed by atoms with Gasteiger partial charge in [-0.15, -0.1) is 0 Å². The summed E-state index contributed by atoms with van der Waals surface area (Å²) in [5.74, 6) is -0.196. The van der Waals surface area contributed by atoms with E-state index in [1.54, 1.807) is 13.2 Å². The molecule has 2 aromatic rings. The molecule has 2 atom stereocenters. The van der Waals surface area contributed by atoms with Gasteiger partial charge in [-0.2, -0.15) is 0 Å². The van der Waals surface area contributed by atoms with Crippen molar-refractivity contribution in [2.24, 2.45) is 17.3 Å². The SMILES string of the molecule is COC(=O)C1CC=CCC1C(=O)N1CCC2(CCN(C(=O)c3cc4cccc(OC)c4o3)CC2)C1. The fourth-order valence-electron chi connectivity index (χ4n) is 5.91. The number of benzene rings is 1. The van der Waals surface area contributed by atoms with Crippen molar-refractivity contribution in [1.29, 1.82) is 0 Å². The lowest BCUT2D eigenvalue weighted by molar-refractivity contribution is -0.153. The largest absolute Gasteiger partial charge is 0.493 e. The molecule has 1 spiro atoms. The summed E-state index contributed by atoms with van der Waals surface area (Å²) < 4.78 is 16.2. The molecular weight excluding hydrogens is 448 g/mol. The monoisotopic (exact) mass is 480 g/mol. The molecule has 0 saturated carbocycles. The molecule has 2 amide bonds. The van der Waals surface area contributed by atoms with E-state index in [0.29, 0.717) is 56.1 Å². The molecule has 1 aromatic heterocycles. The van der Waals surface area contributed by atoms with Crippen LogP contribution in [-0.2, 0) is 14.3 Å². The highest BCUT2D eigenvalue weighted by atomic mass is 16.5. The highest BCUT2D eigenvalue weighted by Gasteiger charge is 2.46. The number of carbonyl (C=O) groups excluding carboxylic acids is 3. The first-order valence-electron chi connectivity index (χ1n) is 12.3. The Morgan fingerprint density at radius 3 is 2.34 bits per heavy atom. The number of para-hydroxylation sites is 1. The van der Waals surface area contributed by atoms with E-state index in [9.17, 15) is 14.4 Å². The van der Waals surface area contributed by atoms with Crippen LogP contribution in [0.2, 0.25) is 0 Å². The maximum absolute atomic E-state index is 13.3. The van der Waals surface area contributed by atoms with E-state index in [0.717, 1.165) is 24.6 Å². The van der Waals surface area contributed by atoms with Gasteiger partial charge in [-0.25, -0.2) is 0 Å². The molecule has 2 unspecified atom stereocenters. The van der Waals surface area contributed by atoms with Gasteiger partial charge >= 0.3 is 5.97 Å². The van der Waals surface area contributed by atoms with Crippen LogP contribution in [0.25, 0.3) is 11.0 Å². The Morgan fingerprint density at radius 2 is 1.66 bits per heavy atom. The van der Waals surface area contributed by atoms with E-state index in [4.69, 9.17) is 13.9 Å². The maximum atomic E-state index is 13.3. The molecule has 1 aromatic carbocycles. The molecule has 0 radical (unpaired) electrons. The summed E-state index contributed by atoms with van der Waals surface area (Å²) >= 11 is 0.